The number of carbonyl (C=O) groups excluding carboxylic acids is 1. The molecule has 0 saturated heterocycles. The molecule has 0 spiro atoms. The second-order valence-electron chi connectivity index (χ2n) is 6.00. The molecule has 0 bridgehead atoms. The van der Waals surface area contributed by atoms with E-state index in [1.54, 1.807) is 12.1 Å². The summed E-state index contributed by atoms with van der Waals surface area (Å²) in [5, 5.41) is 0. The van der Waals surface area contributed by atoms with Crippen LogP contribution in [-0.2, 0) is 21.2 Å². The number of halogens is 1. The fourth-order valence-electron chi connectivity index (χ4n) is 3.08. The molecule has 1 aliphatic rings. The summed E-state index contributed by atoms with van der Waals surface area (Å²) in [6.07, 6.45) is 0.597. The Bertz CT molecular complexity index is 1010. The third kappa shape index (κ3) is 3.74. The fourth-order valence-corrected chi connectivity index (χ4v) is 5.08. The lowest BCUT2D eigenvalue weighted by Gasteiger charge is -2.20. The van der Waals surface area contributed by atoms with Crippen LogP contribution in [0.3, 0.4) is 0 Å². The van der Waals surface area contributed by atoms with E-state index in [2.05, 4.69) is 20.7 Å². The van der Waals surface area contributed by atoms with E-state index in [9.17, 15) is 13.2 Å². The lowest BCUT2D eigenvalue weighted by Crippen LogP contribution is -2.28. The van der Waals surface area contributed by atoms with Crippen LogP contribution in [0.1, 0.15) is 12.5 Å². The predicted octanol–water partition coefficient (Wildman–Crippen LogP) is 3.18. The maximum atomic E-state index is 13.2. The van der Waals surface area contributed by atoms with Crippen LogP contribution < -0.4 is 19.1 Å². The highest BCUT2D eigenvalue weighted by Gasteiger charge is 2.31. The van der Waals surface area contributed by atoms with Gasteiger partial charge in [0.05, 0.1) is 25.6 Å². The van der Waals surface area contributed by atoms with E-state index >= 15 is 0 Å². The molecule has 0 fully saturated rings. The summed E-state index contributed by atoms with van der Waals surface area (Å²) in [6, 6.07) is 8.16. The first-order valence-corrected chi connectivity index (χ1v) is 10.4. The van der Waals surface area contributed by atoms with Crippen molar-refractivity contribution in [2.24, 2.45) is 0 Å². The van der Waals surface area contributed by atoms with Crippen molar-refractivity contribution in [3.8, 4) is 11.5 Å². The number of fused-ring (bicyclic) bond motifs is 1. The molecule has 1 amide bonds. The topological polar surface area (TPSA) is 84.9 Å². The van der Waals surface area contributed by atoms with Crippen molar-refractivity contribution in [2.45, 2.75) is 18.2 Å². The molecule has 1 heterocycles. The van der Waals surface area contributed by atoms with Gasteiger partial charge in [-0.3, -0.25) is 9.52 Å². The predicted molar refractivity (Wildman–Crippen MR) is 106 cm³/mol. The van der Waals surface area contributed by atoms with E-state index in [1.165, 1.54) is 38.2 Å². The van der Waals surface area contributed by atoms with Crippen molar-refractivity contribution in [3.63, 3.8) is 0 Å². The molecule has 1 aliphatic heterocycles. The number of nitrogens with one attached hydrogen (secondary N) is 1. The zero-order valence-corrected chi connectivity index (χ0v) is 17.5. The first-order chi connectivity index (χ1) is 12.8. The van der Waals surface area contributed by atoms with E-state index in [-0.39, 0.29) is 16.5 Å². The summed E-state index contributed by atoms with van der Waals surface area (Å²) >= 11 is 3.36. The molecule has 0 radical (unpaired) electrons. The second-order valence-corrected chi connectivity index (χ2v) is 8.57. The number of anilines is 2. The van der Waals surface area contributed by atoms with Crippen LogP contribution in [0.15, 0.2) is 39.7 Å². The number of amides is 1. The van der Waals surface area contributed by atoms with Gasteiger partial charge in [-0.15, -0.1) is 0 Å². The molecule has 144 valence electrons. The number of hydrogen-bond donors (Lipinski definition) is 1. The molecule has 0 aromatic heterocycles. The molecule has 1 N–H and O–H groups in total. The van der Waals surface area contributed by atoms with E-state index < -0.39 is 10.0 Å². The van der Waals surface area contributed by atoms with E-state index in [1.807, 2.05) is 6.07 Å². The van der Waals surface area contributed by atoms with Gasteiger partial charge in [-0.25, -0.2) is 8.42 Å². The molecule has 9 heteroatoms. The minimum Gasteiger partial charge on any atom is -0.497 e. The number of benzene rings is 2. The van der Waals surface area contributed by atoms with Crippen molar-refractivity contribution < 1.29 is 22.7 Å². The second kappa shape index (κ2) is 7.40. The van der Waals surface area contributed by atoms with Gasteiger partial charge < -0.3 is 14.4 Å². The first-order valence-electron chi connectivity index (χ1n) is 8.12. The van der Waals surface area contributed by atoms with Crippen LogP contribution >= 0.6 is 15.9 Å². The van der Waals surface area contributed by atoms with Gasteiger partial charge in [0, 0.05) is 24.0 Å². The number of methoxy groups -OCH3 is 2. The van der Waals surface area contributed by atoms with Gasteiger partial charge in [-0.2, -0.15) is 0 Å². The highest BCUT2D eigenvalue weighted by atomic mass is 79.9. The molecule has 2 aromatic carbocycles. The van der Waals surface area contributed by atoms with Crippen molar-refractivity contribution in [3.05, 3.63) is 40.4 Å². The van der Waals surface area contributed by atoms with E-state index in [4.69, 9.17) is 9.47 Å². The average molecular weight is 455 g/mol. The normalized spacial score (nSPS) is 13.3. The Kier molecular flexibility index (Phi) is 5.34. The number of carbonyl (C=O) groups is 1. The molecular weight excluding hydrogens is 436 g/mol. The van der Waals surface area contributed by atoms with Gasteiger partial charge in [0.25, 0.3) is 10.0 Å². The van der Waals surface area contributed by atoms with Crippen LogP contribution in [0.25, 0.3) is 0 Å². The molecular formula is C18H19BrN2O5S. The monoisotopic (exact) mass is 454 g/mol. The largest absolute Gasteiger partial charge is 0.497 e. The zero-order chi connectivity index (χ0) is 19.8. The third-order valence-electron chi connectivity index (χ3n) is 4.31. The van der Waals surface area contributed by atoms with Crippen molar-refractivity contribution in [1.82, 2.24) is 0 Å². The van der Waals surface area contributed by atoms with Gasteiger partial charge in [0.2, 0.25) is 5.91 Å². The van der Waals surface area contributed by atoms with Gasteiger partial charge in [0.15, 0.2) is 0 Å². The number of rotatable bonds is 5. The Labute approximate surface area is 166 Å². The van der Waals surface area contributed by atoms with Gasteiger partial charge in [-0.1, -0.05) is 15.9 Å². The first kappa shape index (κ1) is 19.5. The zero-order valence-electron chi connectivity index (χ0n) is 15.1. The van der Waals surface area contributed by atoms with E-state index in [0.29, 0.717) is 34.6 Å². The van der Waals surface area contributed by atoms with E-state index in [0.717, 1.165) is 5.56 Å². The summed E-state index contributed by atoms with van der Waals surface area (Å²) in [5.41, 5.74) is 1.47. The number of hydrogen-bond acceptors (Lipinski definition) is 5. The van der Waals surface area contributed by atoms with Crippen molar-refractivity contribution >= 4 is 43.2 Å². The summed E-state index contributed by atoms with van der Waals surface area (Å²) < 4.78 is 40.0. The molecule has 2 aromatic rings. The molecule has 27 heavy (non-hydrogen) atoms. The van der Waals surface area contributed by atoms with Gasteiger partial charge in [-0.05, 0) is 36.2 Å². The van der Waals surface area contributed by atoms with Crippen molar-refractivity contribution in [2.75, 3.05) is 30.4 Å². The lowest BCUT2D eigenvalue weighted by molar-refractivity contribution is -0.116. The quantitative estimate of drug-likeness (QED) is 0.749. The number of sulfonamides is 1. The SMILES string of the molecule is COc1ccc(OC)c(NS(=O)(=O)c2cc(Br)cc3c2N(C(C)=O)CC3)c1. The number of ether oxygens (including phenoxy) is 2. The van der Waals surface area contributed by atoms with Crippen LogP contribution in [0.4, 0.5) is 11.4 Å². The third-order valence-corrected chi connectivity index (χ3v) is 6.15. The lowest BCUT2D eigenvalue weighted by atomic mass is 10.2. The Hall–Kier alpha value is -2.26. The summed E-state index contributed by atoms with van der Waals surface area (Å²) in [7, 11) is -1.05. The summed E-state index contributed by atoms with van der Waals surface area (Å²) in [6.45, 7) is 1.87. The minimum absolute atomic E-state index is 0.0319. The summed E-state index contributed by atoms with van der Waals surface area (Å²) in [5.74, 6) is 0.638. The molecule has 0 atom stereocenters. The average Bonchev–Trinajstić information content (AvgIpc) is 3.04. The standard InChI is InChI=1S/C18H19BrN2O5S/c1-11(22)21-7-6-12-8-13(19)9-17(18(12)21)27(23,24)20-15-10-14(25-2)4-5-16(15)26-3/h4-5,8-10,20H,6-7H2,1-3H3. The maximum Gasteiger partial charge on any atom is 0.264 e. The smallest absolute Gasteiger partial charge is 0.264 e. The van der Waals surface area contributed by atoms with Crippen LogP contribution in [0.5, 0.6) is 11.5 Å². The minimum atomic E-state index is -3.99. The van der Waals surface area contributed by atoms with Gasteiger partial charge in [0.1, 0.15) is 16.4 Å². The van der Waals surface area contributed by atoms with Gasteiger partial charge >= 0.3 is 0 Å². The van der Waals surface area contributed by atoms with Crippen molar-refractivity contribution in [1.29, 1.82) is 0 Å². The molecule has 3 rings (SSSR count). The fraction of sp³-hybridized carbons (Fsp3) is 0.278. The highest BCUT2D eigenvalue weighted by molar-refractivity contribution is 9.10. The molecule has 0 saturated carbocycles. The molecule has 0 aliphatic carbocycles. The Morgan fingerprint density at radius 2 is 1.93 bits per heavy atom. The Balaban J connectivity index is 2.11. The van der Waals surface area contributed by atoms with Crippen LogP contribution in [0.2, 0.25) is 0 Å². The number of nitrogens with zero attached hydrogens (tertiary/aromatic N) is 1. The Morgan fingerprint density at radius 1 is 1.19 bits per heavy atom. The highest BCUT2D eigenvalue weighted by Crippen LogP contribution is 2.39. The maximum absolute atomic E-state index is 13.2. The van der Waals surface area contributed by atoms with Crippen LogP contribution in [-0.4, -0.2) is 35.1 Å². The molecule has 7 nitrogen and oxygen atoms in total. The Morgan fingerprint density at radius 3 is 2.56 bits per heavy atom. The van der Waals surface area contributed by atoms with Crippen LogP contribution in [0, 0.1) is 0 Å². The molecule has 0 unspecified atom stereocenters. The summed E-state index contributed by atoms with van der Waals surface area (Å²) in [4.78, 5) is 13.5.